The minimum absolute atomic E-state index is 0.00953. The van der Waals surface area contributed by atoms with E-state index < -0.39 is 17.6 Å². The van der Waals surface area contributed by atoms with Crippen molar-refractivity contribution in [2.45, 2.75) is 6.18 Å². The van der Waals surface area contributed by atoms with E-state index in [2.05, 4.69) is 37.4 Å². The van der Waals surface area contributed by atoms with Gasteiger partial charge in [0.05, 0.1) is 21.3 Å². The number of methoxy groups -OCH3 is 3. The van der Waals surface area contributed by atoms with E-state index >= 15 is 0 Å². The van der Waals surface area contributed by atoms with Crippen LogP contribution in [-0.2, 0) is 6.18 Å². The fourth-order valence-corrected chi connectivity index (χ4v) is 3.98. The Morgan fingerprint density at radius 3 is 2.00 bits per heavy atom. The molecule has 2 heterocycles. The van der Waals surface area contributed by atoms with Gasteiger partial charge in [-0.25, -0.2) is 4.98 Å². The normalized spacial score (nSPS) is 14.3. The van der Waals surface area contributed by atoms with Crippen LogP contribution in [0.2, 0.25) is 0 Å². The fraction of sp³-hybridized carbons (Fsp3) is 0.360. The van der Waals surface area contributed by atoms with Crippen LogP contribution in [0.1, 0.15) is 5.56 Å². The maximum absolute atomic E-state index is 13.7. The molecule has 0 saturated carbocycles. The molecule has 9 nitrogen and oxygen atoms in total. The van der Waals surface area contributed by atoms with Crippen molar-refractivity contribution in [3.63, 3.8) is 0 Å². The summed E-state index contributed by atoms with van der Waals surface area (Å²) >= 11 is 0. The van der Waals surface area contributed by atoms with Crippen LogP contribution in [0.4, 0.5) is 42.0 Å². The van der Waals surface area contributed by atoms with Crippen molar-refractivity contribution in [3.05, 3.63) is 48.2 Å². The van der Waals surface area contributed by atoms with Crippen LogP contribution >= 0.6 is 0 Å². The van der Waals surface area contributed by atoms with Crippen molar-refractivity contribution in [3.8, 4) is 17.2 Å². The summed E-state index contributed by atoms with van der Waals surface area (Å²) in [6, 6.07) is 10.6. The number of nitrogens with one attached hydrogen (secondary N) is 2. The van der Waals surface area contributed by atoms with Gasteiger partial charge < -0.3 is 34.6 Å². The highest BCUT2D eigenvalue weighted by molar-refractivity contribution is 5.69. The quantitative estimate of drug-likeness (QED) is 0.439. The van der Waals surface area contributed by atoms with Crippen LogP contribution in [0.15, 0.2) is 42.6 Å². The lowest BCUT2D eigenvalue weighted by molar-refractivity contribution is -0.137. The lowest BCUT2D eigenvalue weighted by Gasteiger charge is -2.34. The van der Waals surface area contributed by atoms with Gasteiger partial charge in [0.2, 0.25) is 11.7 Å². The van der Waals surface area contributed by atoms with Gasteiger partial charge in [0.15, 0.2) is 11.5 Å². The third-order valence-corrected chi connectivity index (χ3v) is 6.01. The maximum Gasteiger partial charge on any atom is 0.421 e. The summed E-state index contributed by atoms with van der Waals surface area (Å²) < 4.78 is 57.1. The second-order valence-corrected chi connectivity index (χ2v) is 8.45. The first kappa shape index (κ1) is 26.1. The third-order valence-electron chi connectivity index (χ3n) is 6.01. The molecule has 0 aliphatic carbocycles. The molecular weight excluding hydrogens is 489 g/mol. The molecule has 2 aromatic carbocycles. The minimum Gasteiger partial charge on any atom is -0.493 e. The number of rotatable bonds is 8. The number of nitrogens with zero attached hydrogens (tertiary/aromatic N) is 4. The lowest BCUT2D eigenvalue weighted by atomic mass is 10.2. The Kier molecular flexibility index (Phi) is 7.77. The van der Waals surface area contributed by atoms with E-state index in [1.54, 1.807) is 0 Å². The molecule has 0 unspecified atom stereocenters. The highest BCUT2D eigenvalue weighted by atomic mass is 19.4. The Balaban J connectivity index is 1.59. The number of halogens is 3. The molecular formula is C25H29F3N6O3. The first-order chi connectivity index (χ1) is 17.7. The summed E-state index contributed by atoms with van der Waals surface area (Å²) in [5, 5.41) is 5.71. The average molecular weight is 519 g/mol. The van der Waals surface area contributed by atoms with Crippen molar-refractivity contribution in [2.75, 3.05) is 70.1 Å². The van der Waals surface area contributed by atoms with E-state index in [9.17, 15) is 13.2 Å². The monoisotopic (exact) mass is 518 g/mol. The summed E-state index contributed by atoms with van der Waals surface area (Å²) in [6.45, 7) is 3.84. The van der Waals surface area contributed by atoms with Gasteiger partial charge in [-0.05, 0) is 31.3 Å². The van der Waals surface area contributed by atoms with Gasteiger partial charge in [0.1, 0.15) is 11.4 Å². The van der Waals surface area contributed by atoms with E-state index in [1.165, 1.54) is 33.5 Å². The Morgan fingerprint density at radius 1 is 0.838 bits per heavy atom. The maximum atomic E-state index is 13.7. The van der Waals surface area contributed by atoms with E-state index in [4.69, 9.17) is 14.2 Å². The molecule has 0 atom stereocenters. The molecule has 12 heteroatoms. The molecule has 0 amide bonds. The van der Waals surface area contributed by atoms with Crippen molar-refractivity contribution in [1.29, 1.82) is 0 Å². The highest BCUT2D eigenvalue weighted by Gasteiger charge is 2.35. The van der Waals surface area contributed by atoms with Gasteiger partial charge >= 0.3 is 6.18 Å². The molecule has 1 aromatic heterocycles. The van der Waals surface area contributed by atoms with Crippen LogP contribution in [-0.4, -0.2) is 69.4 Å². The predicted molar refractivity (Wildman–Crippen MR) is 136 cm³/mol. The molecule has 0 radical (unpaired) electrons. The Bertz CT molecular complexity index is 1190. The van der Waals surface area contributed by atoms with E-state index in [0.29, 0.717) is 11.4 Å². The Morgan fingerprint density at radius 2 is 1.46 bits per heavy atom. The third kappa shape index (κ3) is 6.08. The number of piperazine rings is 1. The zero-order valence-corrected chi connectivity index (χ0v) is 21.0. The number of hydrogen-bond donors (Lipinski definition) is 2. The summed E-state index contributed by atoms with van der Waals surface area (Å²) in [4.78, 5) is 12.6. The van der Waals surface area contributed by atoms with E-state index in [1.807, 2.05) is 24.3 Å². The van der Waals surface area contributed by atoms with Gasteiger partial charge in [-0.1, -0.05) is 0 Å². The average Bonchev–Trinajstić information content (AvgIpc) is 2.88. The summed E-state index contributed by atoms with van der Waals surface area (Å²) in [6.07, 6.45) is -3.93. The molecule has 1 aliphatic rings. The molecule has 198 valence electrons. The summed E-state index contributed by atoms with van der Waals surface area (Å²) in [7, 11) is 6.38. The topological polar surface area (TPSA) is 84.0 Å². The number of hydrogen-bond acceptors (Lipinski definition) is 9. The van der Waals surface area contributed by atoms with Crippen LogP contribution in [0, 0.1) is 0 Å². The molecule has 1 aliphatic heterocycles. The number of ether oxygens (including phenoxy) is 3. The van der Waals surface area contributed by atoms with Gasteiger partial charge in [-0.2, -0.15) is 18.2 Å². The van der Waals surface area contributed by atoms with Crippen molar-refractivity contribution >= 4 is 28.8 Å². The number of alkyl halides is 3. The summed E-state index contributed by atoms with van der Waals surface area (Å²) in [5.41, 5.74) is 0.978. The molecule has 37 heavy (non-hydrogen) atoms. The largest absolute Gasteiger partial charge is 0.493 e. The van der Waals surface area contributed by atoms with Crippen molar-refractivity contribution in [1.82, 2.24) is 14.9 Å². The fourth-order valence-electron chi connectivity index (χ4n) is 3.98. The summed E-state index contributed by atoms with van der Waals surface area (Å²) in [5.74, 6) is 0.469. The zero-order chi connectivity index (χ0) is 26.6. The second kappa shape index (κ2) is 11.0. The smallest absolute Gasteiger partial charge is 0.421 e. The number of aromatic nitrogens is 2. The van der Waals surface area contributed by atoms with Crippen LogP contribution in [0.25, 0.3) is 0 Å². The van der Waals surface area contributed by atoms with E-state index in [-0.39, 0.29) is 23.1 Å². The number of benzene rings is 2. The molecule has 4 rings (SSSR count). The molecule has 0 bridgehead atoms. The zero-order valence-electron chi connectivity index (χ0n) is 21.0. The van der Waals surface area contributed by atoms with E-state index in [0.717, 1.165) is 38.1 Å². The van der Waals surface area contributed by atoms with Crippen molar-refractivity contribution < 1.29 is 27.4 Å². The molecule has 0 spiro atoms. The van der Waals surface area contributed by atoms with Gasteiger partial charge in [-0.15, -0.1) is 0 Å². The van der Waals surface area contributed by atoms with Crippen LogP contribution in [0.5, 0.6) is 17.2 Å². The molecule has 1 fully saturated rings. The first-order valence-electron chi connectivity index (χ1n) is 11.5. The van der Waals surface area contributed by atoms with Crippen molar-refractivity contribution in [2.24, 2.45) is 0 Å². The predicted octanol–water partition coefficient (Wildman–Crippen LogP) is 4.76. The molecule has 3 aromatic rings. The molecule has 2 N–H and O–H groups in total. The SMILES string of the molecule is COc1cc(Nc2nc(Nc3ccc(N4CCN(C)CC4)cc3)ncc2C(F)(F)F)cc(OC)c1OC. The van der Waals surface area contributed by atoms with Gasteiger partial charge in [0, 0.05) is 61.6 Å². The minimum atomic E-state index is -4.67. The standard InChI is InChI=1S/C25H29F3N6O3/c1-33-9-11-34(12-10-33)18-7-5-16(6-8-18)31-24-29-15-19(25(26,27)28)23(32-24)30-17-13-20(35-2)22(37-4)21(14-17)36-3/h5-8,13-15H,9-12H2,1-4H3,(H2,29,30,31,32). The Hall–Kier alpha value is -3.93. The number of anilines is 5. The van der Waals surface area contributed by atoms with Crippen LogP contribution < -0.4 is 29.7 Å². The molecule has 1 saturated heterocycles. The first-order valence-corrected chi connectivity index (χ1v) is 11.5. The van der Waals surface area contributed by atoms with Gasteiger partial charge in [0.25, 0.3) is 0 Å². The van der Waals surface area contributed by atoms with Crippen LogP contribution in [0.3, 0.4) is 0 Å². The Labute approximate surface area is 213 Å². The second-order valence-electron chi connectivity index (χ2n) is 8.45. The lowest BCUT2D eigenvalue weighted by Crippen LogP contribution is -2.44. The number of likely N-dealkylation sites (N-methyl/N-ethyl adjacent to an activating group) is 1. The highest BCUT2D eigenvalue weighted by Crippen LogP contribution is 2.42. The van der Waals surface area contributed by atoms with Gasteiger partial charge in [-0.3, -0.25) is 0 Å².